The average molecular weight is 349 g/mol. The molecule has 4 heteroatoms. The van der Waals surface area contributed by atoms with Crippen molar-refractivity contribution in [3.05, 3.63) is 90.3 Å². The lowest BCUT2D eigenvalue weighted by molar-refractivity contribution is 0.106. The van der Waals surface area contributed by atoms with E-state index in [0.717, 1.165) is 16.7 Å². The highest BCUT2D eigenvalue weighted by Gasteiger charge is 2.07. The number of hydrogen-bond donors (Lipinski definition) is 0. The van der Waals surface area contributed by atoms with E-state index in [-0.39, 0.29) is 11.3 Å². The fourth-order valence-electron chi connectivity index (χ4n) is 2.66. The fraction of sp³-hybridized carbons (Fsp3) is 0.143. The molecular weight excluding hydrogens is 330 g/mol. The van der Waals surface area contributed by atoms with E-state index >= 15 is 0 Å². The van der Waals surface area contributed by atoms with Gasteiger partial charge in [-0.1, -0.05) is 54.1 Å². The summed E-state index contributed by atoms with van der Waals surface area (Å²) in [4.78, 5) is 25.0. The van der Waals surface area contributed by atoms with Gasteiger partial charge in [-0.3, -0.25) is 9.59 Å². The molecule has 0 N–H and O–H groups in total. The summed E-state index contributed by atoms with van der Waals surface area (Å²) in [6.45, 7) is 3.93. The van der Waals surface area contributed by atoms with Gasteiger partial charge in [-0.15, -0.1) is 11.3 Å². The van der Waals surface area contributed by atoms with Crippen LogP contribution in [-0.4, -0.2) is 10.4 Å². The molecule has 2 aromatic carbocycles. The van der Waals surface area contributed by atoms with Crippen LogP contribution in [0.15, 0.2) is 53.3 Å². The Bertz CT molecular complexity index is 1120. The fourth-order valence-corrected chi connectivity index (χ4v) is 3.69. The number of hydrogen-bond acceptors (Lipinski definition) is 3. The van der Waals surface area contributed by atoms with Crippen molar-refractivity contribution in [2.45, 2.75) is 13.8 Å². The summed E-state index contributed by atoms with van der Waals surface area (Å²) in [5.41, 5.74) is 3.62. The molecule has 0 saturated carbocycles. The summed E-state index contributed by atoms with van der Waals surface area (Å²) in [6, 6.07) is 15.4. The molecule has 1 aromatic heterocycles. The smallest absolute Gasteiger partial charge is 0.268 e. The maximum absolute atomic E-state index is 12.5. The van der Waals surface area contributed by atoms with Gasteiger partial charge in [0.2, 0.25) is 0 Å². The van der Waals surface area contributed by atoms with Gasteiger partial charge in [0.15, 0.2) is 5.78 Å². The lowest BCUT2D eigenvalue weighted by atomic mass is 10.1. The van der Waals surface area contributed by atoms with Crippen molar-refractivity contribution < 1.29 is 4.79 Å². The lowest BCUT2D eigenvalue weighted by Crippen LogP contribution is -2.29. The molecule has 0 aliphatic rings. The Morgan fingerprint density at radius 3 is 2.56 bits per heavy atom. The minimum atomic E-state index is -0.0876. The first-order valence-electron chi connectivity index (χ1n) is 8.01. The molecule has 0 aliphatic carbocycles. The lowest BCUT2D eigenvalue weighted by Gasteiger charge is -1.99. The molecule has 0 saturated heterocycles. The van der Waals surface area contributed by atoms with Gasteiger partial charge in [-0.25, -0.2) is 0 Å². The molecule has 0 aliphatic heterocycles. The zero-order valence-electron chi connectivity index (χ0n) is 14.4. The average Bonchev–Trinajstić information content (AvgIpc) is 2.83. The van der Waals surface area contributed by atoms with E-state index < -0.39 is 0 Å². The Hall–Kier alpha value is -2.72. The van der Waals surface area contributed by atoms with Crippen molar-refractivity contribution in [3.8, 4) is 0 Å². The maximum atomic E-state index is 12.5. The van der Waals surface area contributed by atoms with Crippen molar-refractivity contribution >= 4 is 29.3 Å². The molecule has 3 aromatic rings. The van der Waals surface area contributed by atoms with Crippen LogP contribution < -0.4 is 14.8 Å². The van der Waals surface area contributed by atoms with Gasteiger partial charge in [0.1, 0.15) is 4.66 Å². The number of benzene rings is 2. The second-order valence-electron chi connectivity index (χ2n) is 6.05. The SMILES string of the molecule is Cc1cccc(C=c2sc(=CC(=O)c3ccccc3C)n(C)c2=O)c1. The quantitative estimate of drug-likeness (QED) is 0.682. The number of rotatable bonds is 3. The summed E-state index contributed by atoms with van der Waals surface area (Å²) >= 11 is 1.33. The third-order valence-electron chi connectivity index (χ3n) is 4.07. The molecule has 25 heavy (non-hydrogen) atoms. The van der Waals surface area contributed by atoms with Gasteiger partial charge in [0, 0.05) is 18.7 Å². The van der Waals surface area contributed by atoms with Crippen molar-refractivity contribution in [1.82, 2.24) is 4.57 Å². The third kappa shape index (κ3) is 3.69. The first-order chi connectivity index (χ1) is 12.0. The van der Waals surface area contributed by atoms with Crippen LogP contribution in [0.3, 0.4) is 0 Å². The maximum Gasteiger partial charge on any atom is 0.268 e. The van der Waals surface area contributed by atoms with Gasteiger partial charge in [-0.05, 0) is 31.1 Å². The molecule has 0 atom stereocenters. The van der Waals surface area contributed by atoms with Crippen LogP contribution in [0.5, 0.6) is 0 Å². The molecule has 0 amide bonds. The first-order valence-corrected chi connectivity index (χ1v) is 8.83. The van der Waals surface area contributed by atoms with Crippen LogP contribution in [0.25, 0.3) is 12.2 Å². The van der Waals surface area contributed by atoms with Crippen molar-refractivity contribution in [3.63, 3.8) is 0 Å². The third-order valence-corrected chi connectivity index (χ3v) is 5.18. The summed E-state index contributed by atoms with van der Waals surface area (Å²) in [6.07, 6.45) is 3.41. The molecule has 3 nitrogen and oxygen atoms in total. The normalized spacial score (nSPS) is 12.6. The summed E-state index contributed by atoms with van der Waals surface area (Å²) in [5.74, 6) is -0.0861. The Balaban J connectivity index is 2.09. The van der Waals surface area contributed by atoms with E-state index in [4.69, 9.17) is 0 Å². The molecule has 126 valence electrons. The van der Waals surface area contributed by atoms with Gasteiger partial charge in [0.05, 0.1) is 4.53 Å². The number of carbonyl (C=O) groups is 1. The van der Waals surface area contributed by atoms with Crippen LogP contribution in [0.4, 0.5) is 0 Å². The number of Topliss-reactive ketones (excluding diaryl/α,β-unsaturated/α-hetero) is 1. The summed E-state index contributed by atoms with van der Waals surface area (Å²) in [7, 11) is 1.70. The predicted molar refractivity (Wildman–Crippen MR) is 104 cm³/mol. The Kier molecular flexibility index (Phi) is 4.81. The number of nitrogens with zero attached hydrogens (tertiary/aromatic N) is 1. The zero-order chi connectivity index (χ0) is 18.0. The van der Waals surface area contributed by atoms with Crippen LogP contribution >= 0.6 is 11.3 Å². The monoisotopic (exact) mass is 349 g/mol. The number of ketones is 1. The molecule has 0 unspecified atom stereocenters. The number of aromatic nitrogens is 1. The zero-order valence-corrected chi connectivity index (χ0v) is 15.3. The minimum absolute atomic E-state index is 0.0861. The summed E-state index contributed by atoms with van der Waals surface area (Å²) in [5, 5.41) is 0. The second-order valence-corrected chi connectivity index (χ2v) is 7.11. The standard InChI is InChI=1S/C21H19NO2S/c1-14-7-6-9-16(11-14)12-19-21(24)22(3)20(25-19)13-18(23)17-10-5-4-8-15(17)2/h4-13H,1-3H3. The number of aryl methyl sites for hydroxylation is 2. The van der Waals surface area contributed by atoms with Gasteiger partial charge < -0.3 is 4.57 Å². The van der Waals surface area contributed by atoms with E-state index in [2.05, 4.69) is 0 Å². The molecule has 1 heterocycles. The second kappa shape index (κ2) is 7.03. The molecule has 0 bridgehead atoms. The highest BCUT2D eigenvalue weighted by molar-refractivity contribution is 7.07. The van der Waals surface area contributed by atoms with Gasteiger partial charge in [-0.2, -0.15) is 0 Å². The van der Waals surface area contributed by atoms with E-state index in [0.29, 0.717) is 14.8 Å². The molecule has 0 fully saturated rings. The Labute approximate surface area is 150 Å². The van der Waals surface area contributed by atoms with E-state index in [1.54, 1.807) is 19.2 Å². The minimum Gasteiger partial charge on any atom is -0.302 e. The van der Waals surface area contributed by atoms with E-state index in [1.807, 2.05) is 62.4 Å². The topological polar surface area (TPSA) is 39.1 Å². The van der Waals surface area contributed by atoms with E-state index in [1.165, 1.54) is 15.9 Å². The summed E-state index contributed by atoms with van der Waals surface area (Å²) < 4.78 is 2.80. The first kappa shape index (κ1) is 17.1. The van der Waals surface area contributed by atoms with Crippen LogP contribution in [0.2, 0.25) is 0 Å². The van der Waals surface area contributed by atoms with Crippen LogP contribution in [0.1, 0.15) is 27.0 Å². The van der Waals surface area contributed by atoms with Crippen molar-refractivity contribution in [2.24, 2.45) is 7.05 Å². The van der Waals surface area contributed by atoms with E-state index in [9.17, 15) is 9.59 Å². The molecule has 0 spiro atoms. The Morgan fingerprint density at radius 1 is 1.08 bits per heavy atom. The van der Waals surface area contributed by atoms with Crippen molar-refractivity contribution in [1.29, 1.82) is 0 Å². The molecule has 3 rings (SSSR count). The highest BCUT2D eigenvalue weighted by atomic mass is 32.1. The van der Waals surface area contributed by atoms with Crippen LogP contribution in [0, 0.1) is 13.8 Å². The number of carbonyl (C=O) groups excluding carboxylic acids is 1. The number of thiazole rings is 1. The van der Waals surface area contributed by atoms with Crippen molar-refractivity contribution in [2.75, 3.05) is 0 Å². The van der Waals surface area contributed by atoms with Crippen LogP contribution in [-0.2, 0) is 7.05 Å². The predicted octanol–water partition coefficient (Wildman–Crippen LogP) is 2.56. The highest BCUT2D eigenvalue weighted by Crippen LogP contribution is 2.08. The Morgan fingerprint density at radius 2 is 1.84 bits per heavy atom. The molecule has 0 radical (unpaired) electrons. The largest absolute Gasteiger partial charge is 0.302 e. The van der Waals surface area contributed by atoms with Gasteiger partial charge >= 0.3 is 0 Å². The van der Waals surface area contributed by atoms with Gasteiger partial charge in [0.25, 0.3) is 5.56 Å². The molecular formula is C21H19NO2S.